The van der Waals surface area contributed by atoms with Crippen LogP contribution in [0.4, 0.5) is 4.39 Å². The summed E-state index contributed by atoms with van der Waals surface area (Å²) in [5.41, 5.74) is 4.06. The van der Waals surface area contributed by atoms with E-state index in [2.05, 4.69) is 33.6 Å². The average Bonchev–Trinajstić information content (AvgIpc) is 3.72. The van der Waals surface area contributed by atoms with Crippen LogP contribution in [-0.4, -0.2) is 82.5 Å². The highest BCUT2D eigenvalue weighted by Gasteiger charge is 2.32. The summed E-state index contributed by atoms with van der Waals surface area (Å²) in [4.78, 5) is 28.1. The molecule has 8 nitrogen and oxygen atoms in total. The Morgan fingerprint density at radius 3 is 2.57 bits per heavy atom. The van der Waals surface area contributed by atoms with Gasteiger partial charge in [0.1, 0.15) is 0 Å². The molecule has 0 aliphatic carbocycles. The van der Waals surface area contributed by atoms with E-state index in [0.717, 1.165) is 29.7 Å². The highest BCUT2D eigenvalue weighted by atomic mass is 32.1. The van der Waals surface area contributed by atoms with Gasteiger partial charge < -0.3 is 24.8 Å². The number of carbonyl (C=O) groups excluding carboxylic acids is 2. The van der Waals surface area contributed by atoms with Gasteiger partial charge in [0.2, 0.25) is 0 Å². The van der Waals surface area contributed by atoms with Crippen LogP contribution in [0.1, 0.15) is 45.5 Å². The normalized spacial score (nSPS) is 16.4. The number of thiophene rings is 1. The third-order valence-electron chi connectivity index (χ3n) is 7.70. The van der Waals surface area contributed by atoms with Gasteiger partial charge >= 0.3 is 0 Å². The number of alkyl halides is 1. The summed E-state index contributed by atoms with van der Waals surface area (Å²) in [7, 11) is 3.01. The van der Waals surface area contributed by atoms with Crippen LogP contribution < -0.4 is 20.1 Å². The van der Waals surface area contributed by atoms with Crippen LogP contribution in [0.2, 0.25) is 0 Å². The molecule has 2 heterocycles. The average molecular weight is 624 g/mol. The van der Waals surface area contributed by atoms with Crippen molar-refractivity contribution >= 4 is 23.2 Å². The number of carbonyl (C=O) groups is 2. The summed E-state index contributed by atoms with van der Waals surface area (Å²) < 4.78 is 29.9. The van der Waals surface area contributed by atoms with E-state index in [4.69, 9.17) is 14.2 Å². The van der Waals surface area contributed by atoms with Crippen LogP contribution in [-0.2, 0) is 11.2 Å². The molecule has 3 aromatic rings. The first-order valence-electron chi connectivity index (χ1n) is 14.9. The molecule has 2 aromatic carbocycles. The molecule has 44 heavy (non-hydrogen) atoms. The Kier molecular flexibility index (Phi) is 12.8. The summed E-state index contributed by atoms with van der Waals surface area (Å²) in [6.07, 6.45) is 4.18. The van der Waals surface area contributed by atoms with Gasteiger partial charge in [0.05, 0.1) is 32.6 Å². The fourth-order valence-electron chi connectivity index (χ4n) is 5.44. The van der Waals surface area contributed by atoms with Crippen LogP contribution in [0.3, 0.4) is 0 Å². The van der Waals surface area contributed by atoms with Crippen molar-refractivity contribution in [3.63, 3.8) is 0 Å². The lowest BCUT2D eigenvalue weighted by atomic mass is 10.0. The molecule has 1 aliphatic rings. The van der Waals surface area contributed by atoms with Crippen molar-refractivity contribution in [3.8, 4) is 22.6 Å². The number of aryl methyl sites for hydroxylation is 1. The first kappa shape index (κ1) is 33.2. The van der Waals surface area contributed by atoms with Gasteiger partial charge in [0, 0.05) is 44.4 Å². The number of rotatable bonds is 17. The van der Waals surface area contributed by atoms with Gasteiger partial charge in [0.25, 0.3) is 11.8 Å². The predicted octanol–water partition coefficient (Wildman–Crippen LogP) is 5.53. The molecular formula is C34H42FN3O5S. The van der Waals surface area contributed by atoms with E-state index in [1.807, 2.05) is 35.7 Å². The lowest BCUT2D eigenvalue weighted by molar-refractivity contribution is 0.0579. The van der Waals surface area contributed by atoms with Crippen molar-refractivity contribution < 1.29 is 28.2 Å². The highest BCUT2D eigenvalue weighted by Crippen LogP contribution is 2.33. The summed E-state index contributed by atoms with van der Waals surface area (Å²) in [5, 5.41) is 10.1. The van der Waals surface area contributed by atoms with Gasteiger partial charge in [-0.3, -0.25) is 18.9 Å². The van der Waals surface area contributed by atoms with Gasteiger partial charge in [-0.2, -0.15) is 11.3 Å². The minimum absolute atomic E-state index is 0.0101. The zero-order valence-electron chi connectivity index (χ0n) is 25.5. The van der Waals surface area contributed by atoms with E-state index in [9.17, 15) is 14.0 Å². The molecule has 2 amide bonds. The van der Waals surface area contributed by atoms with E-state index in [1.165, 1.54) is 14.2 Å². The number of halogens is 1. The van der Waals surface area contributed by atoms with Crippen LogP contribution in [0.5, 0.6) is 11.5 Å². The van der Waals surface area contributed by atoms with Gasteiger partial charge in [-0.15, -0.1) is 6.58 Å². The van der Waals surface area contributed by atoms with Crippen LogP contribution in [0.15, 0.2) is 65.9 Å². The monoisotopic (exact) mass is 623 g/mol. The molecule has 10 heteroatoms. The smallest absolute Gasteiger partial charge is 0.255 e. The Morgan fingerprint density at radius 1 is 1.07 bits per heavy atom. The Labute approximate surface area is 263 Å². The molecule has 1 aliphatic heterocycles. The summed E-state index contributed by atoms with van der Waals surface area (Å²) in [6.45, 7) is 6.32. The van der Waals surface area contributed by atoms with E-state index < -0.39 is 6.67 Å². The predicted molar refractivity (Wildman–Crippen MR) is 173 cm³/mol. The maximum absolute atomic E-state index is 13.3. The molecule has 0 bridgehead atoms. The molecule has 0 unspecified atom stereocenters. The number of benzene rings is 2. The molecule has 236 valence electrons. The van der Waals surface area contributed by atoms with Crippen molar-refractivity contribution in [3.05, 3.63) is 82.6 Å². The minimum atomic E-state index is -0.431. The third-order valence-corrected chi connectivity index (χ3v) is 8.38. The van der Waals surface area contributed by atoms with Gasteiger partial charge in [-0.25, -0.2) is 0 Å². The Bertz CT molecular complexity index is 1370. The van der Waals surface area contributed by atoms with Gasteiger partial charge in [-0.05, 0) is 83.5 Å². The largest absolute Gasteiger partial charge is 0.493 e. The topological polar surface area (TPSA) is 89.1 Å². The lowest BCUT2D eigenvalue weighted by Crippen LogP contribution is -2.40. The second-order valence-corrected chi connectivity index (χ2v) is 11.5. The fourth-order valence-corrected chi connectivity index (χ4v) is 6.11. The number of amides is 2. The zero-order valence-corrected chi connectivity index (χ0v) is 26.3. The molecule has 0 saturated carbocycles. The summed E-state index contributed by atoms with van der Waals surface area (Å²) >= 11 is 1.65. The molecular weight excluding hydrogens is 581 g/mol. The minimum Gasteiger partial charge on any atom is -0.493 e. The van der Waals surface area contributed by atoms with Crippen LogP contribution in [0.25, 0.3) is 11.1 Å². The number of hydrogen-bond donors (Lipinski definition) is 2. The van der Waals surface area contributed by atoms with E-state index in [1.54, 1.807) is 23.5 Å². The first-order valence-corrected chi connectivity index (χ1v) is 15.9. The quantitative estimate of drug-likeness (QED) is 0.152. The molecule has 0 spiro atoms. The number of likely N-dealkylation sites (tertiary alicyclic amines) is 1. The third kappa shape index (κ3) is 8.90. The maximum atomic E-state index is 13.3. The molecule has 2 N–H and O–H groups in total. The van der Waals surface area contributed by atoms with E-state index >= 15 is 0 Å². The SMILES string of the molecule is C=CCN1C[C@H](OCCCNC(=O)c2ccc(-c3ccsc3)cc2)C[C@H]1CNC(=O)c1cc(CCCF)cc(OC)c1OC. The number of nitrogens with zero attached hydrogens (tertiary/aromatic N) is 1. The molecule has 4 rings (SSSR count). The van der Waals surface area contributed by atoms with Crippen molar-refractivity contribution in [2.45, 2.75) is 37.8 Å². The van der Waals surface area contributed by atoms with Crippen molar-refractivity contribution in [1.29, 1.82) is 0 Å². The zero-order chi connectivity index (χ0) is 31.3. The van der Waals surface area contributed by atoms with E-state index in [0.29, 0.717) is 68.1 Å². The Morgan fingerprint density at radius 2 is 1.89 bits per heavy atom. The summed E-state index contributed by atoms with van der Waals surface area (Å²) in [5.74, 6) is 0.423. The second-order valence-electron chi connectivity index (χ2n) is 10.7. The molecule has 1 fully saturated rings. The Hall–Kier alpha value is -3.73. The number of ether oxygens (including phenoxy) is 3. The van der Waals surface area contributed by atoms with Crippen molar-refractivity contribution in [1.82, 2.24) is 15.5 Å². The van der Waals surface area contributed by atoms with Crippen molar-refractivity contribution in [2.24, 2.45) is 0 Å². The molecule has 0 radical (unpaired) electrons. The number of nitrogens with one attached hydrogen (secondary N) is 2. The van der Waals surface area contributed by atoms with E-state index in [-0.39, 0.29) is 24.0 Å². The molecule has 1 aromatic heterocycles. The first-order chi connectivity index (χ1) is 21.5. The number of hydrogen-bond acceptors (Lipinski definition) is 7. The van der Waals surface area contributed by atoms with Gasteiger partial charge in [-0.1, -0.05) is 18.2 Å². The Balaban J connectivity index is 1.23. The van der Waals surface area contributed by atoms with Crippen LogP contribution in [0, 0.1) is 0 Å². The standard InChI is InChI=1S/C34H42FN3O5S/c1-4-15-38-22-29(43-16-6-14-36-33(39)26-10-8-25(9-11-26)27-12-17-44-23-27)20-28(38)21-37-34(40)30-18-24(7-5-13-35)19-31(41-2)32(30)42-3/h4,8-12,17-19,23,28-29H,1,5-7,13-16,20-22H2,2-3H3,(H,36,39)(H,37,40)/t28-,29+/m0/s1. The van der Waals surface area contributed by atoms with Crippen LogP contribution >= 0.6 is 11.3 Å². The summed E-state index contributed by atoms with van der Waals surface area (Å²) in [6, 6.07) is 13.3. The molecule has 1 saturated heterocycles. The fraction of sp³-hybridized carbons (Fsp3) is 0.412. The number of methoxy groups -OCH3 is 2. The highest BCUT2D eigenvalue weighted by molar-refractivity contribution is 7.08. The van der Waals surface area contributed by atoms with Crippen molar-refractivity contribution in [2.75, 3.05) is 53.7 Å². The van der Waals surface area contributed by atoms with Gasteiger partial charge in [0.15, 0.2) is 11.5 Å². The second kappa shape index (κ2) is 16.9. The lowest BCUT2D eigenvalue weighted by Gasteiger charge is -2.23. The molecule has 2 atom stereocenters. The maximum Gasteiger partial charge on any atom is 0.255 e.